The fourth-order valence-electron chi connectivity index (χ4n) is 1.64. The van der Waals surface area contributed by atoms with E-state index in [9.17, 15) is 0 Å². The van der Waals surface area contributed by atoms with Gasteiger partial charge in [0.2, 0.25) is 0 Å². The van der Waals surface area contributed by atoms with Gasteiger partial charge in [-0.05, 0) is 36.5 Å². The predicted molar refractivity (Wildman–Crippen MR) is 71.6 cm³/mol. The van der Waals surface area contributed by atoms with Gasteiger partial charge in [-0.2, -0.15) is 5.26 Å². The summed E-state index contributed by atoms with van der Waals surface area (Å²) in [5, 5.41) is 9.74. The lowest BCUT2D eigenvalue weighted by molar-refractivity contribution is 0.555. The molecule has 0 radical (unpaired) electrons. The number of rotatable bonds is 4. The molecule has 0 atom stereocenters. The van der Waals surface area contributed by atoms with Crippen LogP contribution in [0.5, 0.6) is 0 Å². The lowest BCUT2D eigenvalue weighted by atomic mass is 9.99. The van der Waals surface area contributed by atoms with Crippen LogP contribution in [0.3, 0.4) is 0 Å². The van der Waals surface area contributed by atoms with Crippen LogP contribution >= 0.6 is 27.5 Å². The summed E-state index contributed by atoms with van der Waals surface area (Å²) in [4.78, 5) is 0. The second-order valence-electron chi connectivity index (χ2n) is 4.31. The van der Waals surface area contributed by atoms with Crippen molar-refractivity contribution in [1.82, 2.24) is 0 Å². The predicted octanol–water partition coefficient (Wildman–Crippen LogP) is 4.95. The molecule has 0 saturated heterocycles. The van der Waals surface area contributed by atoms with Gasteiger partial charge < -0.3 is 0 Å². The minimum Gasteiger partial charge on any atom is -0.192 e. The first-order valence-corrected chi connectivity index (χ1v) is 6.59. The van der Waals surface area contributed by atoms with Crippen LogP contribution in [-0.2, 0) is 6.42 Å². The largest absolute Gasteiger partial charge is 0.192 e. The molecule has 0 spiro atoms. The molecule has 1 nitrogen and oxygen atoms in total. The average Bonchev–Trinajstić information content (AvgIpc) is 2.20. The van der Waals surface area contributed by atoms with E-state index in [4.69, 9.17) is 16.9 Å². The normalized spacial score (nSPS) is 10.5. The molecule has 86 valence electrons. The highest BCUT2D eigenvalue weighted by Gasteiger charge is 2.08. The smallest absolute Gasteiger partial charge is 0.0995 e. The summed E-state index contributed by atoms with van der Waals surface area (Å²) in [6, 6.07) is 5.89. The van der Waals surface area contributed by atoms with Crippen LogP contribution in [0, 0.1) is 17.2 Å². The molecule has 0 heterocycles. The third-order valence-electron chi connectivity index (χ3n) is 2.49. The molecule has 0 aromatic heterocycles. The zero-order valence-corrected chi connectivity index (χ0v) is 11.9. The minimum absolute atomic E-state index is 0.683. The summed E-state index contributed by atoms with van der Waals surface area (Å²) < 4.78 is 0.863. The molecule has 0 N–H and O–H groups in total. The fraction of sp³-hybridized carbons (Fsp3) is 0.462. The van der Waals surface area contributed by atoms with Crippen LogP contribution in [0.15, 0.2) is 16.6 Å². The highest BCUT2D eigenvalue weighted by Crippen LogP contribution is 2.27. The Morgan fingerprint density at radius 2 is 2.12 bits per heavy atom. The Balaban J connectivity index is 2.83. The molecule has 0 unspecified atom stereocenters. The first kappa shape index (κ1) is 13.5. The molecule has 0 aliphatic heterocycles. The van der Waals surface area contributed by atoms with Crippen molar-refractivity contribution < 1.29 is 0 Å². The monoisotopic (exact) mass is 299 g/mol. The van der Waals surface area contributed by atoms with E-state index in [2.05, 4.69) is 35.8 Å². The summed E-state index contributed by atoms with van der Waals surface area (Å²) >= 11 is 9.49. The molecular weight excluding hydrogens is 286 g/mol. The standard InChI is InChI=1S/C13H15BrClN/c1-9(2)4-3-5-12-10(8-16)6-11(14)7-13(12)15/h6-7,9H,3-5H2,1-2H3. The van der Waals surface area contributed by atoms with Gasteiger partial charge in [-0.1, -0.05) is 47.8 Å². The summed E-state index contributed by atoms with van der Waals surface area (Å²) in [7, 11) is 0. The third-order valence-corrected chi connectivity index (χ3v) is 3.28. The molecule has 0 aliphatic carbocycles. The second-order valence-corrected chi connectivity index (χ2v) is 5.63. The van der Waals surface area contributed by atoms with Crippen molar-refractivity contribution in [2.24, 2.45) is 5.92 Å². The van der Waals surface area contributed by atoms with E-state index in [-0.39, 0.29) is 0 Å². The first-order chi connectivity index (χ1) is 7.54. The number of nitriles is 1. The summed E-state index contributed by atoms with van der Waals surface area (Å²) in [6.07, 6.45) is 3.12. The van der Waals surface area contributed by atoms with Crippen LogP contribution in [0.2, 0.25) is 5.02 Å². The third kappa shape index (κ3) is 3.81. The second kappa shape index (κ2) is 6.27. The van der Waals surface area contributed by atoms with Gasteiger partial charge in [-0.15, -0.1) is 0 Å². The lowest BCUT2D eigenvalue weighted by Gasteiger charge is -2.08. The van der Waals surface area contributed by atoms with E-state index in [1.54, 1.807) is 0 Å². The summed E-state index contributed by atoms with van der Waals surface area (Å²) in [5.74, 6) is 0.694. The van der Waals surface area contributed by atoms with Crippen LogP contribution in [0.1, 0.15) is 37.8 Å². The quantitative estimate of drug-likeness (QED) is 0.771. The lowest BCUT2D eigenvalue weighted by Crippen LogP contribution is -1.95. The molecule has 0 aliphatic rings. The Morgan fingerprint density at radius 3 is 2.69 bits per heavy atom. The van der Waals surface area contributed by atoms with E-state index >= 15 is 0 Å². The highest BCUT2D eigenvalue weighted by atomic mass is 79.9. The van der Waals surface area contributed by atoms with E-state index in [0.29, 0.717) is 16.5 Å². The number of halogens is 2. The van der Waals surface area contributed by atoms with Crippen LogP contribution < -0.4 is 0 Å². The molecule has 0 saturated carbocycles. The van der Waals surface area contributed by atoms with Crippen molar-refractivity contribution >= 4 is 27.5 Å². The zero-order valence-electron chi connectivity index (χ0n) is 9.56. The number of hydrogen-bond acceptors (Lipinski definition) is 1. The average molecular weight is 301 g/mol. The van der Waals surface area contributed by atoms with Gasteiger partial charge in [0.1, 0.15) is 0 Å². The van der Waals surface area contributed by atoms with Gasteiger partial charge >= 0.3 is 0 Å². The van der Waals surface area contributed by atoms with Crippen molar-refractivity contribution in [2.45, 2.75) is 33.1 Å². The van der Waals surface area contributed by atoms with Crippen molar-refractivity contribution in [2.75, 3.05) is 0 Å². The van der Waals surface area contributed by atoms with Gasteiger partial charge in [-0.3, -0.25) is 0 Å². The number of benzene rings is 1. The van der Waals surface area contributed by atoms with E-state index < -0.39 is 0 Å². The van der Waals surface area contributed by atoms with E-state index in [0.717, 1.165) is 29.3 Å². The SMILES string of the molecule is CC(C)CCCc1c(Cl)cc(Br)cc1C#N. The van der Waals surface area contributed by atoms with Crippen molar-refractivity contribution in [3.63, 3.8) is 0 Å². The molecule has 1 aromatic rings. The number of nitrogens with zero attached hydrogens (tertiary/aromatic N) is 1. The van der Waals surface area contributed by atoms with Crippen molar-refractivity contribution in [3.8, 4) is 6.07 Å². The number of hydrogen-bond donors (Lipinski definition) is 0. The van der Waals surface area contributed by atoms with Gasteiger partial charge in [0, 0.05) is 9.50 Å². The molecule has 0 fully saturated rings. The molecule has 0 amide bonds. The van der Waals surface area contributed by atoms with Gasteiger partial charge in [0.25, 0.3) is 0 Å². The van der Waals surface area contributed by atoms with E-state index in [1.165, 1.54) is 0 Å². The fourth-order valence-corrected chi connectivity index (χ4v) is 2.55. The molecule has 1 rings (SSSR count). The Kier molecular flexibility index (Phi) is 5.31. The maximum absolute atomic E-state index is 9.05. The van der Waals surface area contributed by atoms with Gasteiger partial charge in [0.05, 0.1) is 11.6 Å². The maximum atomic E-state index is 9.05. The van der Waals surface area contributed by atoms with E-state index in [1.807, 2.05) is 12.1 Å². The maximum Gasteiger partial charge on any atom is 0.0995 e. The molecule has 16 heavy (non-hydrogen) atoms. The van der Waals surface area contributed by atoms with Crippen LogP contribution in [0.4, 0.5) is 0 Å². The minimum atomic E-state index is 0.683. The molecule has 1 aromatic carbocycles. The first-order valence-electron chi connectivity index (χ1n) is 5.42. The topological polar surface area (TPSA) is 23.8 Å². The van der Waals surface area contributed by atoms with Gasteiger partial charge in [-0.25, -0.2) is 0 Å². The zero-order chi connectivity index (χ0) is 12.1. The molecular formula is C13H15BrClN. The molecule has 3 heteroatoms. The Morgan fingerprint density at radius 1 is 1.44 bits per heavy atom. The Bertz CT molecular complexity index is 407. The van der Waals surface area contributed by atoms with Crippen molar-refractivity contribution in [3.05, 3.63) is 32.8 Å². The summed E-state index contributed by atoms with van der Waals surface area (Å²) in [6.45, 7) is 4.41. The van der Waals surface area contributed by atoms with Gasteiger partial charge in [0.15, 0.2) is 0 Å². The summed E-state index contributed by atoms with van der Waals surface area (Å²) in [5.41, 5.74) is 1.66. The molecule has 0 bridgehead atoms. The Hall–Kier alpha value is -0.520. The highest BCUT2D eigenvalue weighted by molar-refractivity contribution is 9.10. The van der Waals surface area contributed by atoms with Crippen molar-refractivity contribution in [1.29, 1.82) is 5.26 Å². The Labute approximate surface area is 111 Å². The van der Waals surface area contributed by atoms with Crippen LogP contribution in [-0.4, -0.2) is 0 Å². The van der Waals surface area contributed by atoms with Crippen LogP contribution in [0.25, 0.3) is 0 Å².